The molecule has 0 aromatic heterocycles. The summed E-state index contributed by atoms with van der Waals surface area (Å²) in [4.78, 5) is 0. The van der Waals surface area contributed by atoms with Crippen molar-refractivity contribution in [2.24, 2.45) is 23.7 Å². The second kappa shape index (κ2) is 35.3. The molecule has 0 N–H and O–H groups in total. The molecule has 0 aliphatic carbocycles. The third-order valence-corrected chi connectivity index (χ3v) is 14.9. The first-order valence-corrected chi connectivity index (χ1v) is 27.6. The van der Waals surface area contributed by atoms with E-state index in [1.807, 2.05) is 0 Å². The molecule has 1 saturated heterocycles. The minimum Gasteiger partial charge on any atom is -1.00 e. The Hall–Kier alpha value is -6.79. The molecule has 1 heterocycles. The Bertz CT molecular complexity index is 3070. The molecule has 1 fully saturated rings. The van der Waals surface area contributed by atoms with Crippen molar-refractivity contribution in [1.82, 2.24) is 0 Å². The van der Waals surface area contributed by atoms with Gasteiger partial charge in [0.1, 0.15) is 52.7 Å². The predicted molar refractivity (Wildman–Crippen MR) is 302 cm³/mol. The van der Waals surface area contributed by atoms with Crippen LogP contribution >= 0.6 is 0 Å². The maximum atomic E-state index is 15.4. The van der Waals surface area contributed by atoms with Crippen LogP contribution in [0.1, 0.15) is 75.6 Å². The molecule has 490 valence electrons. The van der Waals surface area contributed by atoms with Gasteiger partial charge in [-0.25, -0.2) is 87.8 Å². The molecule has 0 amide bonds. The number of hydrogen-bond acceptors (Lipinski definition) is 1. The summed E-state index contributed by atoms with van der Waals surface area (Å²) < 4.78 is 299. The molecule has 24 heteroatoms. The molecule has 91 heavy (non-hydrogen) atoms. The Labute approximate surface area is 531 Å². The summed E-state index contributed by atoms with van der Waals surface area (Å²) in [5, 5.41) is 0. The fourth-order valence-corrected chi connectivity index (χ4v) is 11.2. The van der Waals surface area contributed by atoms with E-state index < -0.39 is 144 Å². The second-order valence-corrected chi connectivity index (χ2v) is 21.8. The molecule has 0 spiro atoms. The summed E-state index contributed by atoms with van der Waals surface area (Å²) in [5.41, 5.74) is -8.49. The SMILES string of the molecule is C1CCOC1.CC(Cc1ccccc1)CC(C)Cc1ccccc1.CC(Cc1ccccc1)CC(C)Cc1ccccc1.Fc1c(F)c(F)c([B-](c2c(F)c(F)c(F)c(F)c2F)(c2c(F)c(F)c(F)c(F)c2F)c2c(F)c(F)c(F)c(F)c2F)c(F)c1F.[CH3-].[Cl-].[Cr+2]. The van der Waals surface area contributed by atoms with Crippen molar-refractivity contribution >= 4 is 28.0 Å². The molecule has 9 rings (SSSR count). The summed E-state index contributed by atoms with van der Waals surface area (Å²) in [7, 11) is 0. The minimum atomic E-state index is -7.22. The zero-order chi connectivity index (χ0) is 64.9. The zero-order valence-corrected chi connectivity index (χ0v) is 51.3. The van der Waals surface area contributed by atoms with Crippen molar-refractivity contribution in [1.29, 1.82) is 0 Å². The monoisotopic (exact) mass is 1360 g/mol. The largest absolute Gasteiger partial charge is 2.00 e. The van der Waals surface area contributed by atoms with E-state index in [0.29, 0.717) is 0 Å². The third-order valence-electron chi connectivity index (χ3n) is 14.9. The van der Waals surface area contributed by atoms with Gasteiger partial charge in [-0.15, -0.1) is 21.9 Å². The topological polar surface area (TPSA) is 9.23 Å². The van der Waals surface area contributed by atoms with Crippen LogP contribution in [-0.2, 0) is 47.8 Å². The van der Waals surface area contributed by atoms with E-state index in [2.05, 4.69) is 149 Å². The predicted octanol–water partition coefficient (Wildman–Crippen LogP) is 14.4. The van der Waals surface area contributed by atoms with Crippen LogP contribution in [0.3, 0.4) is 0 Å². The Morgan fingerprint density at radius 2 is 0.440 bits per heavy atom. The van der Waals surface area contributed by atoms with Gasteiger partial charge in [0.05, 0.1) is 0 Å². The summed E-state index contributed by atoms with van der Waals surface area (Å²) in [6, 6.07) is 43.3. The number of hydrogen-bond donors (Lipinski definition) is 0. The standard InChI is InChI=1S/C24BF20.2C19H24.C4H8O.CH3.ClH.Cr/c26-5-1(6(27)14(35)21(42)13(5)34)25(2-7(28)15(36)22(43)16(37)8(2)29,3-9(30)17(38)23(44)18(39)10(3)31)4-11(32)19(40)24(45)20(41)12(4)33;2*1-16(14-18-9-5-3-6-10-18)13-17(2)15-19-11-7-4-8-12-19;1-2-4-5-3-1;;;/h;2*3-12,16-17H,13-15H2,1-2H3;1-4H2;1H3;1H;/q-1;;;;-1;;+2/p-1. The van der Waals surface area contributed by atoms with Gasteiger partial charge in [-0.2, -0.15) is 0 Å². The van der Waals surface area contributed by atoms with E-state index in [9.17, 15) is 52.7 Å². The molecule has 1 aliphatic heterocycles. The maximum Gasteiger partial charge on any atom is 2.00 e. The van der Waals surface area contributed by atoms with E-state index in [1.54, 1.807) is 0 Å². The van der Waals surface area contributed by atoms with Crippen molar-refractivity contribution in [3.63, 3.8) is 0 Å². The molecule has 0 radical (unpaired) electrons. The number of halogens is 21. The van der Waals surface area contributed by atoms with Crippen molar-refractivity contribution < 1.29 is 122 Å². The van der Waals surface area contributed by atoms with E-state index in [-0.39, 0.29) is 37.2 Å². The van der Waals surface area contributed by atoms with Crippen molar-refractivity contribution in [3.8, 4) is 0 Å². The molecule has 1 aliphatic rings. The van der Waals surface area contributed by atoms with E-state index in [4.69, 9.17) is 4.74 Å². The molecular formula is C67H59BClCrF20O-. The molecule has 0 saturated carbocycles. The first kappa shape index (κ1) is 78.4. The third kappa shape index (κ3) is 18.1. The van der Waals surface area contributed by atoms with Crippen LogP contribution in [0.25, 0.3) is 0 Å². The van der Waals surface area contributed by atoms with Crippen LogP contribution in [0.2, 0.25) is 0 Å². The van der Waals surface area contributed by atoms with Gasteiger partial charge in [0, 0.05) is 13.2 Å². The van der Waals surface area contributed by atoms with Gasteiger partial charge < -0.3 is 24.6 Å². The summed E-state index contributed by atoms with van der Waals surface area (Å²) in [5.74, 6) is -68.4. The fraction of sp³-hybridized carbons (Fsp3) is 0.269. The fourth-order valence-electron chi connectivity index (χ4n) is 11.2. The van der Waals surface area contributed by atoms with Gasteiger partial charge in [-0.05, 0) is 97.3 Å². The second-order valence-electron chi connectivity index (χ2n) is 21.8. The number of rotatable bonds is 16. The molecule has 8 aromatic carbocycles. The Kier molecular flexibility index (Phi) is 30.4. The van der Waals surface area contributed by atoms with Gasteiger partial charge in [0.2, 0.25) is 0 Å². The van der Waals surface area contributed by atoms with E-state index in [1.165, 1.54) is 73.6 Å². The van der Waals surface area contributed by atoms with E-state index in [0.717, 1.165) is 36.9 Å². The van der Waals surface area contributed by atoms with Crippen molar-refractivity contribution in [3.05, 3.63) is 267 Å². The Morgan fingerprint density at radius 3 is 0.582 bits per heavy atom. The van der Waals surface area contributed by atoms with Crippen LogP contribution in [0.15, 0.2) is 121 Å². The normalized spacial score (nSPS) is 13.1. The smallest absolute Gasteiger partial charge is 1.00 e. The van der Waals surface area contributed by atoms with Gasteiger partial charge in [0.25, 0.3) is 0 Å². The van der Waals surface area contributed by atoms with Crippen molar-refractivity contribution in [2.75, 3.05) is 13.2 Å². The summed E-state index contributed by atoms with van der Waals surface area (Å²) >= 11 is 0. The van der Waals surface area contributed by atoms with Gasteiger partial charge in [-0.3, -0.25) is 0 Å². The summed E-state index contributed by atoms with van der Waals surface area (Å²) in [6.45, 7) is 11.5. The first-order chi connectivity index (χ1) is 41.7. The quantitative estimate of drug-likeness (QED) is 0.0308. The average Bonchev–Trinajstić information content (AvgIpc) is 0.732. The minimum absolute atomic E-state index is 0. The average molecular weight is 1360 g/mol. The van der Waals surface area contributed by atoms with E-state index >= 15 is 35.1 Å². The zero-order valence-electron chi connectivity index (χ0n) is 49.3. The number of ether oxygens (including phenoxy) is 1. The summed E-state index contributed by atoms with van der Waals surface area (Å²) in [6.07, 6.45) is 2.71. The molecule has 8 aromatic rings. The van der Waals surface area contributed by atoms with Crippen LogP contribution in [0, 0.1) is 147 Å². The molecule has 1 nitrogen and oxygen atoms in total. The van der Waals surface area contributed by atoms with Crippen molar-refractivity contribution in [2.45, 2.75) is 79.1 Å². The van der Waals surface area contributed by atoms with Crippen LogP contribution in [0.4, 0.5) is 87.8 Å². The molecule has 0 bridgehead atoms. The van der Waals surface area contributed by atoms with Gasteiger partial charge in [0.15, 0.2) is 69.8 Å². The van der Waals surface area contributed by atoms with Crippen LogP contribution in [0.5, 0.6) is 0 Å². The Morgan fingerprint density at radius 1 is 0.286 bits per heavy atom. The Balaban J connectivity index is 0.000000385. The maximum absolute atomic E-state index is 15.4. The molecule has 4 atom stereocenters. The van der Waals surface area contributed by atoms with Crippen LogP contribution < -0.4 is 34.3 Å². The van der Waals surface area contributed by atoms with Gasteiger partial charge >= 0.3 is 17.4 Å². The molecular weight excluding hydrogens is 1300 g/mol. The number of benzene rings is 8. The van der Waals surface area contributed by atoms with Gasteiger partial charge in [-0.1, -0.05) is 149 Å². The molecule has 4 unspecified atom stereocenters. The first-order valence-electron chi connectivity index (χ1n) is 27.6. The van der Waals surface area contributed by atoms with Crippen LogP contribution in [-0.4, -0.2) is 19.4 Å².